The Morgan fingerprint density at radius 3 is 2.16 bits per heavy atom. The van der Waals surface area contributed by atoms with E-state index in [9.17, 15) is 4.79 Å². The number of carbonyl (C=O) groups is 1. The van der Waals surface area contributed by atoms with Crippen molar-refractivity contribution in [2.45, 2.75) is 42.4 Å². The number of hydrogen-bond acceptors (Lipinski definition) is 2. The van der Waals surface area contributed by atoms with E-state index in [-0.39, 0.29) is 5.78 Å². The predicted molar refractivity (Wildman–Crippen MR) is 81.5 cm³/mol. The molecule has 0 saturated heterocycles. The molecule has 1 saturated carbocycles. The van der Waals surface area contributed by atoms with Crippen LogP contribution >= 0.6 is 23.2 Å². The lowest BCUT2D eigenvalue weighted by Crippen LogP contribution is -2.72. The molecule has 2 rings (SSSR count). The summed E-state index contributed by atoms with van der Waals surface area (Å²) in [5.41, 5.74) is 0.144. The monoisotopic (exact) mass is 316 g/mol. The smallest absolute Gasteiger partial charge is 0.202 e. The maximum atomic E-state index is 12.4. The molecule has 1 aliphatic carbocycles. The standard InChI is InChI=1S/C14H18Cl2O2Si/c1-13(10-8-6-5-7-9-10)11(17)14(15,16)12(13)18-19(2,3)4/h5-9,12H,1-4H3. The Kier molecular flexibility index (Phi) is 3.63. The quantitative estimate of drug-likeness (QED) is 0.624. The predicted octanol–water partition coefficient (Wildman–Crippen LogP) is 3.92. The number of Topliss-reactive ketones (excluding diaryl/α,β-unsaturated/α-hetero) is 1. The Morgan fingerprint density at radius 1 is 1.16 bits per heavy atom. The molecule has 2 atom stereocenters. The van der Waals surface area contributed by atoms with Crippen LogP contribution in [0.2, 0.25) is 19.6 Å². The lowest BCUT2D eigenvalue weighted by Gasteiger charge is -2.54. The molecule has 0 aliphatic heterocycles. The molecule has 19 heavy (non-hydrogen) atoms. The first-order valence-corrected chi connectivity index (χ1v) is 10.4. The van der Waals surface area contributed by atoms with Crippen LogP contribution in [0, 0.1) is 0 Å². The van der Waals surface area contributed by atoms with Gasteiger partial charge in [-0.25, -0.2) is 0 Å². The van der Waals surface area contributed by atoms with Crippen LogP contribution in [0.5, 0.6) is 0 Å². The number of carbonyl (C=O) groups excluding carboxylic acids is 1. The fourth-order valence-corrected chi connectivity index (χ4v) is 4.67. The Bertz CT molecular complexity index is 496. The van der Waals surface area contributed by atoms with Crippen LogP contribution in [0.1, 0.15) is 12.5 Å². The minimum atomic E-state index is -1.85. The van der Waals surface area contributed by atoms with E-state index in [4.69, 9.17) is 27.6 Å². The molecule has 1 aliphatic rings. The van der Waals surface area contributed by atoms with Gasteiger partial charge in [0.05, 0.1) is 5.41 Å². The van der Waals surface area contributed by atoms with Crippen LogP contribution in [0.25, 0.3) is 0 Å². The molecular weight excluding hydrogens is 299 g/mol. The second kappa shape index (κ2) is 4.59. The molecule has 0 spiro atoms. The zero-order valence-electron chi connectivity index (χ0n) is 11.5. The SMILES string of the molecule is CC1(c2ccccc2)C(=O)C(Cl)(Cl)C1O[Si](C)(C)C. The van der Waals surface area contributed by atoms with Crippen LogP contribution in [-0.2, 0) is 14.6 Å². The molecule has 0 heterocycles. The molecule has 0 aromatic heterocycles. The van der Waals surface area contributed by atoms with Gasteiger partial charge in [-0.3, -0.25) is 4.79 Å². The first kappa shape index (κ1) is 15.0. The maximum Gasteiger partial charge on any atom is 0.202 e. The molecule has 104 valence electrons. The Morgan fingerprint density at radius 2 is 1.68 bits per heavy atom. The highest BCUT2D eigenvalue weighted by Gasteiger charge is 2.70. The Labute approximate surface area is 125 Å². The van der Waals surface area contributed by atoms with Gasteiger partial charge in [0.2, 0.25) is 4.33 Å². The number of benzene rings is 1. The van der Waals surface area contributed by atoms with E-state index >= 15 is 0 Å². The molecular formula is C14H18Cl2O2Si. The number of hydrogen-bond donors (Lipinski definition) is 0. The van der Waals surface area contributed by atoms with E-state index in [2.05, 4.69) is 19.6 Å². The van der Waals surface area contributed by atoms with Crippen LogP contribution in [0.4, 0.5) is 0 Å². The van der Waals surface area contributed by atoms with E-state index in [1.54, 1.807) is 0 Å². The van der Waals surface area contributed by atoms with Crippen molar-refractivity contribution >= 4 is 37.3 Å². The molecule has 1 aromatic carbocycles. The number of rotatable bonds is 3. The van der Waals surface area contributed by atoms with E-state index in [0.717, 1.165) is 5.56 Å². The topological polar surface area (TPSA) is 26.3 Å². The number of halogens is 2. The van der Waals surface area contributed by atoms with Gasteiger partial charge < -0.3 is 4.43 Å². The minimum Gasteiger partial charge on any atom is -0.410 e. The van der Waals surface area contributed by atoms with Crippen molar-refractivity contribution in [3.63, 3.8) is 0 Å². The van der Waals surface area contributed by atoms with Crippen molar-refractivity contribution in [1.82, 2.24) is 0 Å². The van der Waals surface area contributed by atoms with E-state index in [1.165, 1.54) is 0 Å². The fourth-order valence-electron chi connectivity index (χ4n) is 2.48. The summed E-state index contributed by atoms with van der Waals surface area (Å²) in [7, 11) is -1.85. The zero-order valence-corrected chi connectivity index (χ0v) is 14.0. The van der Waals surface area contributed by atoms with Gasteiger partial charge in [0.1, 0.15) is 6.10 Å². The minimum absolute atomic E-state index is 0.183. The molecule has 5 heteroatoms. The van der Waals surface area contributed by atoms with Crippen molar-refractivity contribution in [3.8, 4) is 0 Å². The lowest BCUT2D eigenvalue weighted by atomic mass is 9.61. The fraction of sp³-hybridized carbons (Fsp3) is 0.500. The van der Waals surface area contributed by atoms with Gasteiger partial charge in [0.25, 0.3) is 0 Å². The first-order valence-electron chi connectivity index (χ1n) is 6.26. The summed E-state index contributed by atoms with van der Waals surface area (Å²) in [4.78, 5) is 12.4. The highest BCUT2D eigenvalue weighted by atomic mass is 35.5. The maximum absolute atomic E-state index is 12.4. The summed E-state index contributed by atoms with van der Waals surface area (Å²) in [5.74, 6) is -0.183. The average Bonchev–Trinajstić information content (AvgIpc) is 2.34. The van der Waals surface area contributed by atoms with Gasteiger partial charge >= 0.3 is 0 Å². The number of alkyl halides is 2. The molecule has 0 amide bonds. The molecule has 1 aromatic rings. The van der Waals surface area contributed by atoms with E-state index in [1.807, 2.05) is 37.3 Å². The molecule has 1 fully saturated rings. The van der Waals surface area contributed by atoms with Crippen molar-refractivity contribution in [3.05, 3.63) is 35.9 Å². The van der Waals surface area contributed by atoms with Gasteiger partial charge in [0, 0.05) is 0 Å². The van der Waals surface area contributed by atoms with Gasteiger partial charge in [-0.15, -0.1) is 0 Å². The Balaban J connectivity index is 2.41. The summed E-state index contributed by atoms with van der Waals surface area (Å²) in [6, 6.07) is 9.56. The molecule has 0 radical (unpaired) electrons. The summed E-state index contributed by atoms with van der Waals surface area (Å²) in [5, 5.41) is 0. The molecule has 0 bridgehead atoms. The Hall–Kier alpha value is -0.353. The van der Waals surface area contributed by atoms with Crippen LogP contribution < -0.4 is 0 Å². The van der Waals surface area contributed by atoms with Crippen LogP contribution in [0.15, 0.2) is 30.3 Å². The van der Waals surface area contributed by atoms with Crippen molar-refractivity contribution in [2.24, 2.45) is 0 Å². The van der Waals surface area contributed by atoms with Crippen molar-refractivity contribution in [2.75, 3.05) is 0 Å². The summed E-state index contributed by atoms with van der Waals surface area (Å²) >= 11 is 12.3. The summed E-state index contributed by atoms with van der Waals surface area (Å²) in [6.45, 7) is 8.04. The van der Waals surface area contributed by atoms with E-state index in [0.29, 0.717) is 0 Å². The first-order chi connectivity index (χ1) is 8.60. The third kappa shape index (κ3) is 2.38. The van der Waals surface area contributed by atoms with E-state index < -0.39 is 24.2 Å². The summed E-state index contributed by atoms with van der Waals surface area (Å²) < 4.78 is 4.64. The molecule has 2 nitrogen and oxygen atoms in total. The van der Waals surface area contributed by atoms with Gasteiger partial charge in [-0.05, 0) is 32.1 Å². The largest absolute Gasteiger partial charge is 0.410 e. The molecule has 2 unspecified atom stereocenters. The highest BCUT2D eigenvalue weighted by Crippen LogP contribution is 2.55. The zero-order chi connectivity index (χ0) is 14.5. The third-order valence-corrected chi connectivity index (χ3v) is 5.16. The average molecular weight is 317 g/mol. The van der Waals surface area contributed by atoms with Gasteiger partial charge in [-0.1, -0.05) is 53.5 Å². The normalized spacial score (nSPS) is 30.0. The van der Waals surface area contributed by atoms with Gasteiger partial charge in [0.15, 0.2) is 14.1 Å². The third-order valence-electron chi connectivity index (χ3n) is 3.47. The lowest BCUT2D eigenvalue weighted by molar-refractivity contribution is -0.143. The summed E-state index contributed by atoms with van der Waals surface area (Å²) in [6.07, 6.45) is -0.495. The van der Waals surface area contributed by atoms with Gasteiger partial charge in [-0.2, -0.15) is 0 Å². The van der Waals surface area contributed by atoms with Crippen LogP contribution in [0.3, 0.4) is 0 Å². The second-order valence-electron chi connectivity index (χ2n) is 6.13. The van der Waals surface area contributed by atoms with Crippen molar-refractivity contribution < 1.29 is 9.22 Å². The second-order valence-corrected chi connectivity index (χ2v) is 12.0. The highest BCUT2D eigenvalue weighted by molar-refractivity contribution is 6.70. The number of ketones is 1. The molecule has 0 N–H and O–H groups in total. The van der Waals surface area contributed by atoms with Crippen LogP contribution in [-0.4, -0.2) is 24.5 Å². The van der Waals surface area contributed by atoms with Crippen molar-refractivity contribution in [1.29, 1.82) is 0 Å².